The van der Waals surface area contributed by atoms with Crippen molar-refractivity contribution in [3.63, 3.8) is 0 Å². The molecule has 5 aromatic rings. The Hall–Kier alpha value is -3.40. The number of aromatic nitrogens is 4. The maximum absolute atomic E-state index is 14.5. The van der Waals surface area contributed by atoms with Crippen molar-refractivity contribution in [3.8, 4) is 11.4 Å². The van der Waals surface area contributed by atoms with E-state index in [4.69, 9.17) is 39.3 Å². The fourth-order valence-electron chi connectivity index (χ4n) is 3.87. The van der Waals surface area contributed by atoms with Gasteiger partial charge in [-0.2, -0.15) is 18.2 Å². The molecule has 5 rings (SSSR count). The van der Waals surface area contributed by atoms with E-state index in [1.54, 1.807) is 12.1 Å². The number of carbonyl (C=O) groups is 1. The summed E-state index contributed by atoms with van der Waals surface area (Å²) in [7, 11) is 0. The molecule has 0 aliphatic carbocycles. The van der Waals surface area contributed by atoms with E-state index in [1.807, 2.05) is 0 Å². The van der Waals surface area contributed by atoms with Crippen molar-refractivity contribution in [2.75, 3.05) is 0 Å². The summed E-state index contributed by atoms with van der Waals surface area (Å²) in [4.78, 5) is 21.4. The monoisotopic (exact) mass is 550 g/mol. The second-order valence-corrected chi connectivity index (χ2v) is 8.98. The average molecular weight is 552 g/mol. The highest BCUT2D eigenvalue weighted by Gasteiger charge is 2.42. The molecular formula is C24H12Cl3F3N4O2. The molecule has 0 unspecified atom stereocenters. The van der Waals surface area contributed by atoms with Gasteiger partial charge in [0, 0.05) is 50.5 Å². The third-order valence-electron chi connectivity index (χ3n) is 5.40. The molecule has 0 aliphatic rings. The molecule has 3 heterocycles. The predicted octanol–water partition coefficient (Wildman–Crippen LogP) is 7.34. The van der Waals surface area contributed by atoms with Crippen LogP contribution in [0, 0.1) is 0 Å². The first-order chi connectivity index (χ1) is 17.1. The number of benzene rings is 2. The summed E-state index contributed by atoms with van der Waals surface area (Å²) in [6, 6.07) is 11.8. The van der Waals surface area contributed by atoms with E-state index in [0.29, 0.717) is 16.1 Å². The number of ketones is 1. The van der Waals surface area contributed by atoms with Crippen molar-refractivity contribution >= 4 is 51.5 Å². The van der Waals surface area contributed by atoms with Gasteiger partial charge in [-0.15, -0.1) is 0 Å². The van der Waals surface area contributed by atoms with Crippen molar-refractivity contribution in [1.82, 2.24) is 19.7 Å². The third-order valence-corrected chi connectivity index (χ3v) is 6.23. The summed E-state index contributed by atoms with van der Waals surface area (Å²) in [5.41, 5.74) is -0.940. The molecule has 6 nitrogen and oxygen atoms in total. The second kappa shape index (κ2) is 9.24. The van der Waals surface area contributed by atoms with Gasteiger partial charge in [0.1, 0.15) is 5.69 Å². The van der Waals surface area contributed by atoms with E-state index in [2.05, 4.69) is 15.1 Å². The molecule has 0 fully saturated rings. The Kier molecular flexibility index (Phi) is 6.23. The molecule has 0 N–H and O–H groups in total. The van der Waals surface area contributed by atoms with Gasteiger partial charge in [-0.25, -0.2) is 0 Å². The van der Waals surface area contributed by atoms with Crippen LogP contribution in [0.25, 0.3) is 22.3 Å². The number of alkyl halides is 3. The van der Waals surface area contributed by atoms with Gasteiger partial charge in [0.15, 0.2) is 0 Å². The fraction of sp³-hybridized carbons (Fsp3) is 0.0833. The standard InChI is InChI=1S/C24H12Cl3F3N4O2/c25-14-5-6-18-16(8-14)19(20(35)23-32-22(33-36-23)12-2-1-7-31-10-12)21(24(28,29)30)34(18)11-13-3-4-15(26)9-17(13)27/h1-10H,11H2. The van der Waals surface area contributed by atoms with Gasteiger partial charge in [-0.05, 0) is 48.0 Å². The highest BCUT2D eigenvalue weighted by atomic mass is 35.5. The first kappa shape index (κ1) is 24.3. The number of halogens is 6. The van der Waals surface area contributed by atoms with Crippen LogP contribution in [0.4, 0.5) is 13.2 Å². The molecular weight excluding hydrogens is 540 g/mol. The summed E-state index contributed by atoms with van der Waals surface area (Å²) in [6.45, 7) is -0.291. The van der Waals surface area contributed by atoms with Crippen LogP contribution in [0.5, 0.6) is 0 Å². The van der Waals surface area contributed by atoms with Gasteiger partial charge in [0.25, 0.3) is 11.7 Å². The van der Waals surface area contributed by atoms with Gasteiger partial charge in [-0.1, -0.05) is 46.0 Å². The summed E-state index contributed by atoms with van der Waals surface area (Å²) in [5.74, 6) is -1.70. The van der Waals surface area contributed by atoms with Crippen molar-refractivity contribution in [3.05, 3.63) is 98.7 Å². The Morgan fingerprint density at radius 3 is 2.47 bits per heavy atom. The van der Waals surface area contributed by atoms with Crippen LogP contribution in [0.3, 0.4) is 0 Å². The topological polar surface area (TPSA) is 73.8 Å². The number of pyridine rings is 1. The van der Waals surface area contributed by atoms with Crippen LogP contribution in [0.2, 0.25) is 15.1 Å². The fourth-order valence-corrected chi connectivity index (χ4v) is 4.51. The largest absolute Gasteiger partial charge is 0.432 e. The number of carbonyl (C=O) groups excluding carboxylic acids is 1. The first-order valence-electron chi connectivity index (χ1n) is 10.2. The maximum Gasteiger partial charge on any atom is 0.432 e. The van der Waals surface area contributed by atoms with Crippen molar-refractivity contribution in [1.29, 1.82) is 0 Å². The molecule has 0 radical (unpaired) electrons. The molecule has 0 aliphatic heterocycles. The second-order valence-electron chi connectivity index (χ2n) is 7.70. The maximum atomic E-state index is 14.5. The lowest BCUT2D eigenvalue weighted by molar-refractivity contribution is -0.143. The SMILES string of the molecule is O=C(c1nc(-c2cccnc2)no1)c1c(C(F)(F)F)n(Cc2ccc(Cl)cc2Cl)c2ccc(Cl)cc12. The zero-order chi connectivity index (χ0) is 25.6. The molecule has 0 saturated carbocycles. The Balaban J connectivity index is 1.71. The molecule has 0 amide bonds. The van der Waals surface area contributed by atoms with Gasteiger partial charge < -0.3 is 9.09 Å². The molecule has 0 bridgehead atoms. The number of nitrogens with zero attached hydrogens (tertiary/aromatic N) is 4. The highest BCUT2D eigenvalue weighted by Crippen LogP contribution is 2.41. The first-order valence-corrected chi connectivity index (χ1v) is 11.4. The normalized spacial score (nSPS) is 11.8. The van der Waals surface area contributed by atoms with Crippen LogP contribution in [-0.2, 0) is 12.7 Å². The molecule has 0 spiro atoms. The minimum Gasteiger partial charge on any atom is -0.332 e. The number of fused-ring (bicyclic) bond motifs is 1. The minimum absolute atomic E-state index is 0.00900. The highest BCUT2D eigenvalue weighted by molar-refractivity contribution is 6.35. The minimum atomic E-state index is -4.93. The van der Waals surface area contributed by atoms with E-state index in [0.717, 1.165) is 4.57 Å². The number of hydrogen-bond acceptors (Lipinski definition) is 5. The van der Waals surface area contributed by atoms with Gasteiger partial charge in [-0.3, -0.25) is 9.78 Å². The molecule has 0 saturated heterocycles. The Morgan fingerprint density at radius 1 is 1.03 bits per heavy atom. The molecule has 2 aromatic carbocycles. The van der Waals surface area contributed by atoms with E-state index in [1.165, 1.54) is 48.8 Å². The number of hydrogen-bond donors (Lipinski definition) is 0. The lowest BCUT2D eigenvalue weighted by atomic mass is 10.1. The van der Waals surface area contributed by atoms with Crippen molar-refractivity contribution in [2.24, 2.45) is 0 Å². The predicted molar refractivity (Wildman–Crippen MR) is 128 cm³/mol. The zero-order valence-corrected chi connectivity index (χ0v) is 20.1. The Labute approximate surface area is 216 Å². The summed E-state index contributed by atoms with van der Waals surface area (Å²) in [5, 5.41) is 4.36. The zero-order valence-electron chi connectivity index (χ0n) is 17.9. The van der Waals surface area contributed by atoms with Gasteiger partial charge in [0.2, 0.25) is 5.82 Å². The Bertz CT molecular complexity index is 1610. The average Bonchev–Trinajstić information content (AvgIpc) is 3.44. The van der Waals surface area contributed by atoms with E-state index in [9.17, 15) is 18.0 Å². The lowest BCUT2D eigenvalue weighted by Crippen LogP contribution is -2.19. The molecule has 36 heavy (non-hydrogen) atoms. The van der Waals surface area contributed by atoms with Gasteiger partial charge in [0.05, 0.1) is 5.56 Å². The van der Waals surface area contributed by atoms with Crippen LogP contribution in [-0.4, -0.2) is 25.5 Å². The van der Waals surface area contributed by atoms with E-state index >= 15 is 0 Å². The molecule has 0 atom stereocenters. The smallest absolute Gasteiger partial charge is 0.332 e. The van der Waals surface area contributed by atoms with E-state index < -0.39 is 29.1 Å². The Morgan fingerprint density at radius 2 is 1.78 bits per heavy atom. The van der Waals surface area contributed by atoms with Crippen LogP contribution in [0.15, 0.2) is 65.4 Å². The quantitative estimate of drug-likeness (QED) is 0.214. The number of rotatable bonds is 5. The molecule has 3 aromatic heterocycles. The third kappa shape index (κ3) is 4.45. The molecule has 12 heteroatoms. The van der Waals surface area contributed by atoms with E-state index in [-0.39, 0.29) is 33.3 Å². The summed E-state index contributed by atoms with van der Waals surface area (Å²) < 4.78 is 49.6. The van der Waals surface area contributed by atoms with Crippen molar-refractivity contribution in [2.45, 2.75) is 12.7 Å². The lowest BCUT2D eigenvalue weighted by Gasteiger charge is -2.15. The van der Waals surface area contributed by atoms with Crippen LogP contribution >= 0.6 is 34.8 Å². The van der Waals surface area contributed by atoms with Crippen LogP contribution < -0.4 is 0 Å². The van der Waals surface area contributed by atoms with Gasteiger partial charge >= 0.3 is 6.18 Å². The summed E-state index contributed by atoms with van der Waals surface area (Å²) in [6.07, 6.45) is -1.97. The van der Waals surface area contributed by atoms with Crippen LogP contribution in [0.1, 0.15) is 27.5 Å². The molecule has 182 valence electrons. The van der Waals surface area contributed by atoms with Crippen molar-refractivity contribution < 1.29 is 22.5 Å². The summed E-state index contributed by atoms with van der Waals surface area (Å²) >= 11 is 18.3.